The molecule has 38 heavy (non-hydrogen) atoms. The van der Waals surface area contributed by atoms with E-state index in [0.717, 1.165) is 12.8 Å². The predicted octanol–water partition coefficient (Wildman–Crippen LogP) is 9.58. The molecule has 2 nitrogen and oxygen atoms in total. The molecular formula is C32H34F4O2. The zero-order valence-corrected chi connectivity index (χ0v) is 21.9. The summed E-state index contributed by atoms with van der Waals surface area (Å²) in [7, 11) is 0. The monoisotopic (exact) mass is 526 g/mol. The van der Waals surface area contributed by atoms with Crippen LogP contribution in [-0.2, 0) is 4.74 Å². The van der Waals surface area contributed by atoms with E-state index in [1.165, 1.54) is 31.4 Å². The molecule has 0 amide bonds. The minimum Gasteiger partial charge on any atom is -0.486 e. The van der Waals surface area contributed by atoms with Gasteiger partial charge in [-0.25, -0.2) is 13.2 Å². The van der Waals surface area contributed by atoms with Crippen LogP contribution in [0, 0.1) is 29.2 Å². The molecule has 0 bridgehead atoms. The van der Waals surface area contributed by atoms with Gasteiger partial charge >= 0.3 is 0 Å². The summed E-state index contributed by atoms with van der Waals surface area (Å²) in [4.78, 5) is 0. The molecule has 0 spiro atoms. The van der Waals surface area contributed by atoms with Crippen LogP contribution in [-0.4, -0.2) is 13.2 Å². The lowest BCUT2D eigenvalue weighted by molar-refractivity contribution is -0.0218. The van der Waals surface area contributed by atoms with E-state index in [1.54, 1.807) is 55.5 Å². The lowest BCUT2D eigenvalue weighted by atomic mass is 9.90. The van der Waals surface area contributed by atoms with Crippen LogP contribution in [0.15, 0.2) is 60.7 Å². The maximum absolute atomic E-state index is 15.1. The smallest absolute Gasteiger partial charge is 0.201 e. The molecule has 1 fully saturated rings. The van der Waals surface area contributed by atoms with Crippen molar-refractivity contribution in [2.75, 3.05) is 13.2 Å². The van der Waals surface area contributed by atoms with Gasteiger partial charge in [0.25, 0.3) is 0 Å². The van der Waals surface area contributed by atoms with Crippen molar-refractivity contribution >= 4 is 0 Å². The van der Waals surface area contributed by atoms with Gasteiger partial charge in [0.15, 0.2) is 23.2 Å². The first kappa shape index (κ1) is 27.9. The van der Waals surface area contributed by atoms with Crippen LogP contribution in [0.1, 0.15) is 64.0 Å². The van der Waals surface area contributed by atoms with Crippen LogP contribution in [0.25, 0.3) is 22.3 Å². The number of unbranched alkanes of at least 4 members (excludes halogenated alkanes) is 2. The fourth-order valence-corrected chi connectivity index (χ4v) is 4.93. The average Bonchev–Trinajstić information content (AvgIpc) is 2.94. The summed E-state index contributed by atoms with van der Waals surface area (Å²) >= 11 is 0. The molecule has 0 aromatic heterocycles. The molecular weight excluding hydrogens is 492 g/mol. The van der Waals surface area contributed by atoms with Crippen molar-refractivity contribution in [3.8, 4) is 28.0 Å². The van der Waals surface area contributed by atoms with Crippen molar-refractivity contribution in [2.45, 2.75) is 58.5 Å². The molecule has 3 aromatic carbocycles. The van der Waals surface area contributed by atoms with E-state index in [4.69, 9.17) is 9.47 Å². The Morgan fingerprint density at radius 3 is 2.08 bits per heavy atom. The van der Waals surface area contributed by atoms with Crippen LogP contribution in [0.2, 0.25) is 0 Å². The summed E-state index contributed by atoms with van der Waals surface area (Å²) in [6, 6.07) is 12.2. The van der Waals surface area contributed by atoms with Crippen molar-refractivity contribution in [3.63, 3.8) is 0 Å². The normalized spacial score (nSPS) is 17.7. The predicted molar refractivity (Wildman–Crippen MR) is 143 cm³/mol. The standard InChI is InChI=1S/C32H34F4O2/c1-3-5-7-8-21-9-17-27(38-20-21)26-15-14-24(29(33)31(26)35)22-10-12-23(13-11-22)25-16-18-28(32(36)30(25)34)37-19-6-4-2/h4,6,10-16,18,21,27H,3,5,7-9,17,19-20H2,1-2H3/b6-4+. The first-order valence-corrected chi connectivity index (χ1v) is 13.4. The fraction of sp³-hybridized carbons (Fsp3) is 0.375. The van der Waals surface area contributed by atoms with Crippen molar-refractivity contribution in [3.05, 3.63) is 89.5 Å². The van der Waals surface area contributed by atoms with Crippen LogP contribution in [0.3, 0.4) is 0 Å². The highest BCUT2D eigenvalue weighted by Gasteiger charge is 2.27. The molecule has 0 aliphatic carbocycles. The number of hydrogen-bond donors (Lipinski definition) is 0. The first-order valence-electron chi connectivity index (χ1n) is 13.4. The number of ether oxygens (including phenoxy) is 2. The number of allylic oxidation sites excluding steroid dienone is 1. The maximum atomic E-state index is 15.1. The molecule has 6 heteroatoms. The van der Waals surface area contributed by atoms with Crippen molar-refractivity contribution < 1.29 is 27.0 Å². The van der Waals surface area contributed by atoms with Gasteiger partial charge in [0.1, 0.15) is 6.61 Å². The molecule has 0 radical (unpaired) electrons. The highest BCUT2D eigenvalue weighted by atomic mass is 19.2. The third-order valence-electron chi connectivity index (χ3n) is 7.17. The minimum absolute atomic E-state index is 0.0527. The highest BCUT2D eigenvalue weighted by molar-refractivity contribution is 5.71. The van der Waals surface area contributed by atoms with E-state index in [9.17, 15) is 8.78 Å². The van der Waals surface area contributed by atoms with Crippen molar-refractivity contribution in [1.29, 1.82) is 0 Å². The Hall–Kier alpha value is -3.12. The van der Waals surface area contributed by atoms with Gasteiger partial charge in [-0.15, -0.1) is 0 Å². The van der Waals surface area contributed by atoms with Gasteiger partial charge in [0.2, 0.25) is 5.82 Å². The topological polar surface area (TPSA) is 18.5 Å². The Balaban J connectivity index is 1.48. The highest BCUT2D eigenvalue weighted by Crippen LogP contribution is 2.37. The molecule has 0 saturated carbocycles. The molecule has 3 aromatic rings. The molecule has 1 saturated heterocycles. The Morgan fingerprint density at radius 1 is 0.816 bits per heavy atom. The molecule has 1 aliphatic heterocycles. The Bertz CT molecular complexity index is 1250. The molecule has 0 N–H and O–H groups in total. The molecule has 2 atom stereocenters. The Labute approximate surface area is 222 Å². The number of halogens is 4. The second-order valence-electron chi connectivity index (χ2n) is 9.79. The summed E-state index contributed by atoms with van der Waals surface area (Å²) in [5.74, 6) is -3.64. The quantitative estimate of drug-likeness (QED) is 0.149. The second kappa shape index (κ2) is 13.1. The summed E-state index contributed by atoms with van der Waals surface area (Å²) in [6.07, 6.45) is 9.25. The van der Waals surface area contributed by atoms with E-state index < -0.39 is 29.4 Å². The number of benzene rings is 3. The van der Waals surface area contributed by atoms with Crippen LogP contribution in [0.5, 0.6) is 5.75 Å². The van der Waals surface area contributed by atoms with E-state index in [1.807, 2.05) is 0 Å². The first-order chi connectivity index (χ1) is 18.4. The molecule has 1 aliphatic rings. The van der Waals surface area contributed by atoms with E-state index in [2.05, 4.69) is 6.92 Å². The average molecular weight is 527 g/mol. The zero-order chi connectivity index (χ0) is 27.1. The van der Waals surface area contributed by atoms with Gasteiger partial charge in [-0.05, 0) is 55.4 Å². The molecule has 1 heterocycles. The van der Waals surface area contributed by atoms with Crippen molar-refractivity contribution in [1.82, 2.24) is 0 Å². The maximum Gasteiger partial charge on any atom is 0.201 e. The summed E-state index contributed by atoms with van der Waals surface area (Å²) in [6.45, 7) is 4.68. The van der Waals surface area contributed by atoms with Gasteiger partial charge in [0.05, 0.1) is 12.7 Å². The third-order valence-corrected chi connectivity index (χ3v) is 7.17. The summed E-state index contributed by atoms with van der Waals surface area (Å²) in [5.41, 5.74) is 1.24. The summed E-state index contributed by atoms with van der Waals surface area (Å²) in [5, 5.41) is 0. The molecule has 4 rings (SSSR count). The third kappa shape index (κ3) is 6.29. The zero-order valence-electron chi connectivity index (χ0n) is 21.9. The number of hydrogen-bond acceptors (Lipinski definition) is 2. The van der Waals surface area contributed by atoms with Crippen LogP contribution >= 0.6 is 0 Å². The lowest BCUT2D eigenvalue weighted by Gasteiger charge is -2.29. The Morgan fingerprint density at radius 2 is 1.47 bits per heavy atom. The van der Waals surface area contributed by atoms with Gasteiger partial charge in [-0.3, -0.25) is 0 Å². The van der Waals surface area contributed by atoms with E-state index in [0.29, 0.717) is 30.1 Å². The minimum atomic E-state index is -1.07. The van der Waals surface area contributed by atoms with Gasteiger partial charge in [-0.1, -0.05) is 74.7 Å². The Kier molecular flexibility index (Phi) is 9.62. The second-order valence-corrected chi connectivity index (χ2v) is 9.79. The van der Waals surface area contributed by atoms with Gasteiger partial charge in [-0.2, -0.15) is 4.39 Å². The SMILES string of the molecule is C/C=C/COc1ccc(-c2ccc(-c3ccc(C4CCC(CCCCC)CO4)c(F)c3F)cc2)c(F)c1F. The largest absolute Gasteiger partial charge is 0.486 e. The van der Waals surface area contributed by atoms with E-state index >= 15 is 8.78 Å². The molecule has 2 unspecified atom stereocenters. The fourth-order valence-electron chi connectivity index (χ4n) is 4.93. The van der Waals surface area contributed by atoms with Gasteiger partial charge in [0, 0.05) is 16.7 Å². The summed E-state index contributed by atoms with van der Waals surface area (Å²) < 4.78 is 70.6. The lowest BCUT2D eigenvalue weighted by Crippen LogP contribution is -2.21. The number of rotatable bonds is 10. The van der Waals surface area contributed by atoms with Crippen LogP contribution in [0.4, 0.5) is 17.6 Å². The van der Waals surface area contributed by atoms with E-state index in [-0.39, 0.29) is 29.0 Å². The van der Waals surface area contributed by atoms with Gasteiger partial charge < -0.3 is 9.47 Å². The van der Waals surface area contributed by atoms with Crippen molar-refractivity contribution in [2.24, 2.45) is 5.92 Å². The van der Waals surface area contributed by atoms with Crippen LogP contribution < -0.4 is 4.74 Å². The molecule has 202 valence electrons.